The molecular weight excluding hydrogens is 372 g/mol. The molecule has 1 aromatic carbocycles. The lowest BCUT2D eigenvalue weighted by Gasteiger charge is -2.59. The molecule has 128 valence electrons. The lowest BCUT2D eigenvalue weighted by Crippen LogP contribution is -2.73. The van der Waals surface area contributed by atoms with Crippen molar-refractivity contribution in [3.63, 3.8) is 0 Å². The number of carbonyl (C=O) groups excluding carboxylic acids is 2. The van der Waals surface area contributed by atoms with Crippen LogP contribution < -0.4 is 0 Å². The van der Waals surface area contributed by atoms with Gasteiger partial charge in [0.15, 0.2) is 0 Å². The van der Waals surface area contributed by atoms with Crippen LogP contribution in [0.15, 0.2) is 28.7 Å². The summed E-state index contributed by atoms with van der Waals surface area (Å²) in [5.41, 5.74) is 1.12. The number of aliphatic hydroxyl groups is 1. The highest BCUT2D eigenvalue weighted by molar-refractivity contribution is 9.10. The van der Waals surface area contributed by atoms with E-state index in [2.05, 4.69) is 15.9 Å². The van der Waals surface area contributed by atoms with Crippen LogP contribution in [0, 0.1) is 5.92 Å². The predicted octanol–water partition coefficient (Wildman–Crippen LogP) is 1.75. The van der Waals surface area contributed by atoms with Gasteiger partial charge in [-0.2, -0.15) is 0 Å². The third-order valence-corrected chi connectivity index (χ3v) is 6.30. The molecule has 6 heteroatoms. The molecule has 2 saturated heterocycles. The molecule has 0 aromatic heterocycles. The number of halogens is 1. The number of carbonyl (C=O) groups is 2. The fraction of sp³-hybridized carbons (Fsp3) is 0.556. The first-order valence-corrected chi connectivity index (χ1v) is 9.35. The maximum Gasteiger partial charge on any atom is 0.242 e. The van der Waals surface area contributed by atoms with Gasteiger partial charge in [0, 0.05) is 22.9 Å². The van der Waals surface area contributed by atoms with Crippen LogP contribution in [0.2, 0.25) is 0 Å². The number of amides is 2. The van der Waals surface area contributed by atoms with Crippen molar-refractivity contribution in [2.24, 2.45) is 5.92 Å². The molecule has 1 aromatic rings. The maximum atomic E-state index is 12.5. The summed E-state index contributed by atoms with van der Waals surface area (Å²) >= 11 is 3.44. The first kappa shape index (κ1) is 16.1. The predicted molar refractivity (Wildman–Crippen MR) is 92.3 cm³/mol. The van der Waals surface area contributed by atoms with E-state index in [9.17, 15) is 14.7 Å². The zero-order valence-electron chi connectivity index (χ0n) is 13.4. The van der Waals surface area contributed by atoms with Gasteiger partial charge in [-0.3, -0.25) is 9.59 Å². The van der Waals surface area contributed by atoms with Gasteiger partial charge in [-0.15, -0.1) is 0 Å². The van der Waals surface area contributed by atoms with Crippen molar-refractivity contribution >= 4 is 27.7 Å². The van der Waals surface area contributed by atoms with Crippen LogP contribution in [-0.2, 0) is 9.59 Å². The molecule has 4 rings (SSSR count). The first-order valence-electron chi connectivity index (χ1n) is 8.56. The van der Waals surface area contributed by atoms with Crippen LogP contribution >= 0.6 is 15.9 Å². The van der Waals surface area contributed by atoms with E-state index in [-0.39, 0.29) is 48.9 Å². The quantitative estimate of drug-likeness (QED) is 0.851. The zero-order valence-corrected chi connectivity index (χ0v) is 15.0. The highest BCUT2D eigenvalue weighted by atomic mass is 79.9. The van der Waals surface area contributed by atoms with Crippen LogP contribution in [0.1, 0.15) is 30.7 Å². The van der Waals surface area contributed by atoms with Crippen molar-refractivity contribution in [2.75, 3.05) is 19.7 Å². The average Bonchev–Trinajstić information content (AvgIpc) is 2.49. The lowest BCUT2D eigenvalue weighted by atomic mass is 9.73. The lowest BCUT2D eigenvalue weighted by molar-refractivity contribution is -0.169. The smallest absolute Gasteiger partial charge is 0.242 e. The Morgan fingerprint density at radius 3 is 2.54 bits per heavy atom. The number of aliphatic hydroxyl groups excluding tert-OH is 1. The molecule has 3 fully saturated rings. The van der Waals surface area contributed by atoms with Gasteiger partial charge in [-0.25, -0.2) is 0 Å². The Labute approximate surface area is 149 Å². The van der Waals surface area contributed by atoms with Gasteiger partial charge in [0.05, 0.1) is 25.2 Å². The largest absolute Gasteiger partial charge is 0.394 e. The molecule has 1 aliphatic carbocycles. The Balaban J connectivity index is 1.56. The second-order valence-corrected chi connectivity index (χ2v) is 7.96. The summed E-state index contributed by atoms with van der Waals surface area (Å²) in [4.78, 5) is 28.6. The summed E-state index contributed by atoms with van der Waals surface area (Å²) in [6.45, 7) is 0.702. The van der Waals surface area contributed by atoms with Crippen molar-refractivity contribution in [3.8, 4) is 0 Å². The minimum atomic E-state index is -0.176. The molecule has 0 radical (unpaired) electrons. The second-order valence-electron chi connectivity index (χ2n) is 7.04. The van der Waals surface area contributed by atoms with E-state index in [1.54, 1.807) is 9.80 Å². The van der Waals surface area contributed by atoms with E-state index >= 15 is 0 Å². The van der Waals surface area contributed by atoms with Crippen LogP contribution in [0.4, 0.5) is 0 Å². The van der Waals surface area contributed by atoms with Crippen molar-refractivity contribution in [3.05, 3.63) is 34.3 Å². The fourth-order valence-corrected chi connectivity index (χ4v) is 4.53. The minimum Gasteiger partial charge on any atom is -0.394 e. The van der Waals surface area contributed by atoms with Gasteiger partial charge in [0.1, 0.15) is 0 Å². The van der Waals surface area contributed by atoms with E-state index in [4.69, 9.17) is 0 Å². The molecule has 3 atom stereocenters. The maximum absolute atomic E-state index is 12.5. The molecule has 1 saturated carbocycles. The summed E-state index contributed by atoms with van der Waals surface area (Å²) in [6.07, 6.45) is 3.02. The summed E-state index contributed by atoms with van der Waals surface area (Å²) in [6, 6.07) is 7.83. The van der Waals surface area contributed by atoms with Crippen molar-refractivity contribution in [1.29, 1.82) is 0 Å². The molecule has 0 spiro atoms. The Morgan fingerprint density at radius 1 is 1.25 bits per heavy atom. The van der Waals surface area contributed by atoms with Crippen molar-refractivity contribution in [2.45, 2.75) is 37.3 Å². The standard InChI is InChI=1S/C18H21BrN2O3/c19-13-6-4-11(5-7-13)17-14-8-20(18(24)12-2-1-3-12)9-16(23)21(14)15(17)10-22/h4-7,12,14-15,17,22H,1-3,8-10H2/t14-,15+,17+/m0/s1. The van der Waals surface area contributed by atoms with E-state index in [0.717, 1.165) is 29.3 Å². The Bertz CT molecular complexity index is 659. The third-order valence-electron chi connectivity index (χ3n) is 5.77. The fourth-order valence-electron chi connectivity index (χ4n) is 4.27. The van der Waals surface area contributed by atoms with Crippen molar-refractivity contribution < 1.29 is 14.7 Å². The molecule has 2 aliphatic heterocycles. The number of hydrogen-bond acceptors (Lipinski definition) is 3. The average molecular weight is 393 g/mol. The molecule has 0 unspecified atom stereocenters. The molecule has 24 heavy (non-hydrogen) atoms. The first-order chi connectivity index (χ1) is 11.6. The Kier molecular flexibility index (Phi) is 4.12. The minimum absolute atomic E-state index is 0.0198. The number of rotatable bonds is 3. The summed E-state index contributed by atoms with van der Waals surface area (Å²) in [5, 5.41) is 9.76. The SMILES string of the molecule is O=C(C1CCC1)N1CC(=O)N2[C@H](CO)[C@H](c3ccc(Br)cc3)[C@@H]2C1. The molecular formula is C18H21BrN2O3. The Hall–Kier alpha value is -1.40. The van der Waals surface area contributed by atoms with Gasteiger partial charge in [0.25, 0.3) is 0 Å². The van der Waals surface area contributed by atoms with Crippen LogP contribution in [0.25, 0.3) is 0 Å². The molecule has 2 amide bonds. The van der Waals surface area contributed by atoms with Gasteiger partial charge in [0.2, 0.25) is 11.8 Å². The van der Waals surface area contributed by atoms with E-state index in [1.807, 2.05) is 24.3 Å². The highest BCUT2D eigenvalue weighted by Crippen LogP contribution is 2.43. The number of hydrogen-bond donors (Lipinski definition) is 1. The molecule has 1 N–H and O–H groups in total. The second kappa shape index (κ2) is 6.15. The van der Waals surface area contributed by atoms with Crippen LogP contribution in [0.5, 0.6) is 0 Å². The molecule has 0 bridgehead atoms. The van der Waals surface area contributed by atoms with Crippen LogP contribution in [-0.4, -0.2) is 58.5 Å². The monoisotopic (exact) mass is 392 g/mol. The van der Waals surface area contributed by atoms with Gasteiger partial charge in [-0.05, 0) is 30.5 Å². The summed E-state index contributed by atoms with van der Waals surface area (Å²) in [7, 11) is 0. The molecule has 5 nitrogen and oxygen atoms in total. The van der Waals surface area contributed by atoms with Gasteiger partial charge >= 0.3 is 0 Å². The molecule has 2 heterocycles. The number of piperazine rings is 1. The van der Waals surface area contributed by atoms with E-state index in [1.165, 1.54) is 0 Å². The highest BCUT2D eigenvalue weighted by Gasteiger charge is 2.54. The Morgan fingerprint density at radius 2 is 1.96 bits per heavy atom. The van der Waals surface area contributed by atoms with E-state index in [0.29, 0.717) is 6.54 Å². The van der Waals surface area contributed by atoms with Crippen molar-refractivity contribution in [1.82, 2.24) is 9.80 Å². The van der Waals surface area contributed by atoms with Crippen LogP contribution in [0.3, 0.4) is 0 Å². The molecule has 3 aliphatic rings. The van der Waals surface area contributed by atoms with Gasteiger partial charge < -0.3 is 14.9 Å². The number of nitrogens with zero attached hydrogens (tertiary/aromatic N) is 2. The van der Waals surface area contributed by atoms with E-state index < -0.39 is 0 Å². The zero-order chi connectivity index (χ0) is 16.8. The summed E-state index contributed by atoms with van der Waals surface area (Å²) < 4.78 is 1.00. The number of benzene rings is 1. The topological polar surface area (TPSA) is 60.9 Å². The number of fused-ring (bicyclic) bond motifs is 1. The normalized spacial score (nSPS) is 29.8. The third kappa shape index (κ3) is 2.47. The summed E-state index contributed by atoms with van der Waals surface area (Å²) in [5.74, 6) is 0.302. The van der Waals surface area contributed by atoms with Gasteiger partial charge in [-0.1, -0.05) is 34.5 Å².